The minimum Gasteiger partial charge on any atom is -0.351 e. The van der Waals surface area contributed by atoms with Crippen molar-refractivity contribution in [1.82, 2.24) is 16.0 Å². The molecule has 0 aliphatic carbocycles. The SMILES string of the molecule is CC[C@@]1(NC)CN=C(NC(N)=O)NC1=O. The number of rotatable bonds is 2. The third-order valence-electron chi connectivity index (χ3n) is 2.50. The van der Waals surface area contributed by atoms with E-state index in [-0.39, 0.29) is 18.4 Å². The second-order valence-electron chi connectivity index (χ2n) is 3.29. The van der Waals surface area contributed by atoms with Crippen molar-refractivity contribution in [2.75, 3.05) is 13.6 Å². The molecule has 7 heteroatoms. The number of nitrogens with two attached hydrogens (primary N) is 1. The summed E-state index contributed by atoms with van der Waals surface area (Å²) < 4.78 is 0. The summed E-state index contributed by atoms with van der Waals surface area (Å²) in [4.78, 5) is 26.3. The summed E-state index contributed by atoms with van der Waals surface area (Å²) in [6.45, 7) is 2.17. The summed E-state index contributed by atoms with van der Waals surface area (Å²) in [5.74, 6) is -0.113. The Bertz CT molecular complexity index is 308. The third kappa shape index (κ3) is 2.24. The van der Waals surface area contributed by atoms with E-state index in [2.05, 4.69) is 20.9 Å². The van der Waals surface area contributed by atoms with Crippen LogP contribution in [-0.2, 0) is 4.79 Å². The van der Waals surface area contributed by atoms with Gasteiger partial charge in [0, 0.05) is 0 Å². The maximum absolute atomic E-state index is 11.7. The molecule has 0 radical (unpaired) electrons. The number of carbonyl (C=O) groups excluding carboxylic acids is 2. The van der Waals surface area contributed by atoms with Crippen molar-refractivity contribution >= 4 is 17.9 Å². The quantitative estimate of drug-likeness (QED) is 0.448. The number of carbonyl (C=O) groups is 2. The Balaban J connectivity index is 2.78. The number of urea groups is 1. The molecule has 0 aromatic rings. The van der Waals surface area contributed by atoms with Crippen LogP contribution in [0.5, 0.6) is 0 Å². The normalized spacial score (nSPS) is 25.5. The van der Waals surface area contributed by atoms with Crippen LogP contribution in [0.2, 0.25) is 0 Å². The van der Waals surface area contributed by atoms with Crippen LogP contribution >= 0.6 is 0 Å². The summed E-state index contributed by atoms with van der Waals surface area (Å²) in [6.07, 6.45) is 0.614. The Morgan fingerprint density at radius 3 is 2.80 bits per heavy atom. The molecule has 15 heavy (non-hydrogen) atoms. The Kier molecular flexibility index (Phi) is 3.25. The summed E-state index contributed by atoms with van der Waals surface area (Å²) >= 11 is 0. The Hall–Kier alpha value is -1.63. The van der Waals surface area contributed by atoms with Gasteiger partial charge in [-0.1, -0.05) is 6.92 Å². The zero-order chi connectivity index (χ0) is 11.5. The van der Waals surface area contributed by atoms with Crippen LogP contribution in [0.4, 0.5) is 4.79 Å². The molecule has 0 saturated heterocycles. The number of likely N-dealkylation sites (N-methyl/N-ethyl adjacent to an activating group) is 1. The third-order valence-corrected chi connectivity index (χ3v) is 2.50. The topological polar surface area (TPSA) is 109 Å². The van der Waals surface area contributed by atoms with Gasteiger partial charge in [-0.2, -0.15) is 0 Å². The summed E-state index contributed by atoms with van der Waals surface area (Å²) in [5, 5.41) is 7.63. The first-order chi connectivity index (χ1) is 7.04. The average molecular weight is 213 g/mol. The highest BCUT2D eigenvalue weighted by Crippen LogP contribution is 2.13. The molecule has 0 aromatic carbocycles. The molecule has 0 fully saturated rings. The van der Waals surface area contributed by atoms with Crippen molar-refractivity contribution in [2.24, 2.45) is 10.7 Å². The molecule has 0 aromatic heterocycles. The lowest BCUT2D eigenvalue weighted by molar-refractivity contribution is -0.126. The van der Waals surface area contributed by atoms with Crippen LogP contribution in [-0.4, -0.2) is 37.0 Å². The average Bonchev–Trinajstić information content (AvgIpc) is 2.18. The van der Waals surface area contributed by atoms with Gasteiger partial charge in [0.2, 0.25) is 11.9 Å². The number of hydrogen-bond donors (Lipinski definition) is 4. The van der Waals surface area contributed by atoms with Gasteiger partial charge >= 0.3 is 6.03 Å². The lowest BCUT2D eigenvalue weighted by atomic mass is 9.94. The highest BCUT2D eigenvalue weighted by Gasteiger charge is 2.38. The highest BCUT2D eigenvalue weighted by atomic mass is 16.2. The van der Waals surface area contributed by atoms with Crippen molar-refractivity contribution in [1.29, 1.82) is 0 Å². The Morgan fingerprint density at radius 1 is 1.73 bits per heavy atom. The van der Waals surface area contributed by atoms with Gasteiger partial charge in [0.1, 0.15) is 5.54 Å². The molecule has 84 valence electrons. The van der Waals surface area contributed by atoms with Crippen molar-refractivity contribution in [2.45, 2.75) is 18.9 Å². The first-order valence-corrected chi connectivity index (χ1v) is 4.65. The van der Waals surface area contributed by atoms with E-state index in [0.29, 0.717) is 6.42 Å². The molecule has 1 atom stereocenters. The maximum Gasteiger partial charge on any atom is 0.318 e. The minimum absolute atomic E-state index is 0.104. The van der Waals surface area contributed by atoms with E-state index in [4.69, 9.17) is 5.73 Å². The molecular weight excluding hydrogens is 198 g/mol. The lowest BCUT2D eigenvalue weighted by Crippen LogP contribution is -2.64. The molecule has 7 nitrogen and oxygen atoms in total. The number of amides is 3. The van der Waals surface area contributed by atoms with Crippen LogP contribution in [0.3, 0.4) is 0 Å². The summed E-state index contributed by atoms with van der Waals surface area (Å²) in [6, 6.07) is -0.748. The van der Waals surface area contributed by atoms with Crippen LogP contribution in [0.25, 0.3) is 0 Å². The molecular formula is C8H15N5O2. The molecule has 3 amide bonds. The van der Waals surface area contributed by atoms with Crippen LogP contribution in [0.1, 0.15) is 13.3 Å². The van der Waals surface area contributed by atoms with Crippen LogP contribution in [0.15, 0.2) is 4.99 Å². The van der Waals surface area contributed by atoms with Crippen LogP contribution in [0, 0.1) is 0 Å². The molecule has 1 heterocycles. The number of guanidine groups is 1. The number of nitrogens with one attached hydrogen (secondary N) is 3. The summed E-state index contributed by atoms with van der Waals surface area (Å²) in [7, 11) is 1.70. The highest BCUT2D eigenvalue weighted by molar-refractivity contribution is 6.08. The predicted molar refractivity (Wildman–Crippen MR) is 55.2 cm³/mol. The largest absolute Gasteiger partial charge is 0.351 e. The lowest BCUT2D eigenvalue weighted by Gasteiger charge is -2.32. The van der Waals surface area contributed by atoms with E-state index in [0.717, 1.165) is 0 Å². The maximum atomic E-state index is 11.7. The van der Waals surface area contributed by atoms with Gasteiger partial charge < -0.3 is 11.1 Å². The molecule has 1 aliphatic heterocycles. The molecule has 0 unspecified atom stereocenters. The monoisotopic (exact) mass is 213 g/mol. The van der Waals surface area contributed by atoms with Gasteiger partial charge in [-0.25, -0.2) is 4.79 Å². The van der Waals surface area contributed by atoms with Gasteiger partial charge in [0.15, 0.2) is 0 Å². The van der Waals surface area contributed by atoms with E-state index < -0.39 is 11.6 Å². The zero-order valence-corrected chi connectivity index (χ0v) is 8.76. The first-order valence-electron chi connectivity index (χ1n) is 4.65. The van der Waals surface area contributed by atoms with Crippen molar-refractivity contribution in [3.05, 3.63) is 0 Å². The van der Waals surface area contributed by atoms with Gasteiger partial charge in [0.25, 0.3) is 0 Å². The van der Waals surface area contributed by atoms with Crippen LogP contribution < -0.4 is 21.7 Å². The van der Waals surface area contributed by atoms with E-state index in [1.54, 1.807) is 7.05 Å². The molecule has 0 bridgehead atoms. The standard InChI is InChI=1S/C8H15N5O2/c1-3-8(10-2)4-11-7(12-5(8)14)13-6(9)15/h10H,3-4H2,1-2H3,(H4,9,11,12,13,14,15)/t8-/m1/s1. The smallest absolute Gasteiger partial charge is 0.318 e. The van der Waals surface area contributed by atoms with E-state index >= 15 is 0 Å². The van der Waals surface area contributed by atoms with E-state index in [1.807, 2.05) is 6.92 Å². The van der Waals surface area contributed by atoms with E-state index in [9.17, 15) is 9.59 Å². The second-order valence-corrected chi connectivity index (χ2v) is 3.29. The summed E-state index contributed by atoms with van der Waals surface area (Å²) in [5.41, 5.74) is 4.21. The van der Waals surface area contributed by atoms with Gasteiger partial charge in [-0.3, -0.25) is 20.4 Å². The molecule has 0 spiro atoms. The Labute approximate surface area is 87.5 Å². The first kappa shape index (κ1) is 11.4. The molecule has 5 N–H and O–H groups in total. The number of primary amides is 1. The fraction of sp³-hybridized carbons (Fsp3) is 0.625. The predicted octanol–water partition coefficient (Wildman–Crippen LogP) is -1.49. The Morgan fingerprint density at radius 2 is 2.40 bits per heavy atom. The fourth-order valence-corrected chi connectivity index (χ4v) is 1.38. The number of aliphatic imine (C=N–C) groups is 1. The zero-order valence-electron chi connectivity index (χ0n) is 8.76. The van der Waals surface area contributed by atoms with E-state index in [1.165, 1.54) is 0 Å². The second kappa shape index (κ2) is 4.26. The van der Waals surface area contributed by atoms with Crippen molar-refractivity contribution < 1.29 is 9.59 Å². The van der Waals surface area contributed by atoms with Crippen molar-refractivity contribution in [3.8, 4) is 0 Å². The van der Waals surface area contributed by atoms with Gasteiger partial charge in [0.05, 0.1) is 6.54 Å². The van der Waals surface area contributed by atoms with Gasteiger partial charge in [-0.15, -0.1) is 0 Å². The minimum atomic E-state index is -0.748. The molecule has 0 saturated carbocycles. The molecule has 1 aliphatic rings. The molecule has 1 rings (SSSR count). The van der Waals surface area contributed by atoms with Gasteiger partial charge in [-0.05, 0) is 13.5 Å². The van der Waals surface area contributed by atoms with Crippen molar-refractivity contribution in [3.63, 3.8) is 0 Å². The number of hydrogen-bond acceptors (Lipinski definition) is 4. The fourth-order valence-electron chi connectivity index (χ4n) is 1.38. The number of nitrogens with zero attached hydrogens (tertiary/aromatic N) is 1.